The van der Waals surface area contributed by atoms with E-state index < -0.39 is 0 Å². The molecule has 0 bridgehead atoms. The van der Waals surface area contributed by atoms with Gasteiger partial charge in [-0.25, -0.2) is 0 Å². The molecule has 0 aliphatic rings. The molecule has 4 nitrogen and oxygen atoms in total. The van der Waals surface area contributed by atoms with Crippen molar-refractivity contribution in [1.29, 1.82) is 0 Å². The van der Waals surface area contributed by atoms with Crippen LogP contribution in [0, 0.1) is 0 Å². The molecule has 0 amide bonds. The minimum absolute atomic E-state index is 1.10. The third-order valence-electron chi connectivity index (χ3n) is 26.0. The van der Waals surface area contributed by atoms with Crippen LogP contribution in [0.15, 0.2) is 534 Å². The van der Waals surface area contributed by atoms with Crippen molar-refractivity contribution in [2.75, 3.05) is 14.7 Å². The van der Waals surface area contributed by atoms with E-state index in [1.807, 2.05) is 0 Å². The Bertz CT molecular complexity index is 8130. The zero-order valence-corrected chi connectivity index (χ0v) is 72.6. The quantitative estimate of drug-likeness (QED) is 0.0796. The van der Waals surface area contributed by atoms with Gasteiger partial charge in [0.2, 0.25) is 0 Å². The number of rotatable bonds is 18. The van der Waals surface area contributed by atoms with Crippen molar-refractivity contribution < 1.29 is 0 Å². The monoisotopic (exact) mass is 1680 g/mol. The first-order valence-corrected chi connectivity index (χ1v) is 45.3. The lowest BCUT2D eigenvalue weighted by molar-refractivity contribution is 1.18. The smallest absolute Gasteiger partial charge is 0.0541 e. The standard InChI is InChI=1S/C68H46N2.C60H42N2/c1-4-16-52(17-5-1)67-60-23-10-12-25-62(60)68(63-26-13-11-24-61(63)67)53-38-43-58(44-39-53)69(55-18-6-2-7-19-55)57-41-36-50(37-42-57)49-30-28-47(29-31-49)48-32-34-51(35-33-48)54-40-45-66-64(46-54)59-22-14-15-27-65(59)70(66)56-20-8-3-9-21-56;1-5-19-44(20-6-1)59-54-29-15-17-31-56(54)60(57-32-18-16-30-55(57)59)45-35-39-50(40-36-45)62(48-25-11-4-12-26-48)58-42-41-51(52-27-13-14-28-53(52)58)43-33-37-49(38-34-43)61(46-21-7-2-8-22-46)47-23-9-3-10-24-47/h1-46H;1-42H. The molecule has 1 aromatic heterocycles. The fourth-order valence-corrected chi connectivity index (χ4v) is 19.9. The molecule has 0 fully saturated rings. The van der Waals surface area contributed by atoms with Crippen LogP contribution in [0.25, 0.3) is 170 Å². The minimum atomic E-state index is 1.10. The molecule has 0 N–H and O–H groups in total. The molecule has 1 heterocycles. The van der Waals surface area contributed by atoms with Crippen LogP contribution >= 0.6 is 0 Å². The second-order valence-electron chi connectivity index (χ2n) is 33.7. The number of aromatic nitrogens is 1. The van der Waals surface area contributed by atoms with Crippen molar-refractivity contribution in [3.8, 4) is 94.7 Å². The van der Waals surface area contributed by atoms with E-state index in [4.69, 9.17) is 0 Å². The average molecular weight is 1680 g/mol. The molecule has 23 aromatic carbocycles. The highest BCUT2D eigenvalue weighted by Gasteiger charge is 2.25. The SMILES string of the molecule is c1ccc(-c2c3ccccc3c(-c3ccc(N(c4ccccc4)c4ccc(-c5ccc(-c6ccc(-c7ccc8c(c7)c7ccccc7n8-c7ccccc7)cc6)cc5)cc4)cc3)c3ccccc23)cc1.c1ccc(-c2c3ccccc3c(-c3ccc(N(c4ccccc4)c4ccc(-c5ccc(N(c6ccccc6)c6ccccc6)cc5)c5ccccc45)cc3)c3ccccc23)cc1. The third-order valence-corrected chi connectivity index (χ3v) is 26.0. The van der Waals surface area contributed by atoms with Crippen molar-refractivity contribution in [1.82, 2.24) is 4.57 Å². The second kappa shape index (κ2) is 35.1. The fourth-order valence-electron chi connectivity index (χ4n) is 19.9. The second-order valence-corrected chi connectivity index (χ2v) is 33.7. The lowest BCUT2D eigenvalue weighted by Crippen LogP contribution is -2.10. The predicted octanol–water partition coefficient (Wildman–Crippen LogP) is 36.0. The average Bonchev–Trinajstić information content (AvgIpc) is 1.06. The number of fused-ring (bicyclic) bond motifs is 8. The summed E-state index contributed by atoms with van der Waals surface area (Å²) in [6, 6.07) is 193. The van der Waals surface area contributed by atoms with E-state index in [9.17, 15) is 0 Å². The van der Waals surface area contributed by atoms with Crippen LogP contribution in [0.1, 0.15) is 0 Å². The number of para-hydroxylation sites is 6. The van der Waals surface area contributed by atoms with Crippen LogP contribution < -0.4 is 14.7 Å². The predicted molar refractivity (Wildman–Crippen MR) is 562 cm³/mol. The highest BCUT2D eigenvalue weighted by Crippen LogP contribution is 2.50. The lowest BCUT2D eigenvalue weighted by Gasteiger charge is -2.28. The number of hydrogen-bond acceptors (Lipinski definition) is 3. The van der Waals surface area contributed by atoms with Crippen LogP contribution in [0.4, 0.5) is 51.2 Å². The van der Waals surface area contributed by atoms with E-state index in [0.717, 1.165) is 51.2 Å². The first-order valence-electron chi connectivity index (χ1n) is 45.3. The molecular weight excluding hydrogens is 1590 g/mol. The molecule has 24 rings (SSSR count). The van der Waals surface area contributed by atoms with Gasteiger partial charge in [-0.15, -0.1) is 0 Å². The Labute approximate surface area is 769 Å². The van der Waals surface area contributed by atoms with Gasteiger partial charge in [0.25, 0.3) is 0 Å². The summed E-state index contributed by atoms with van der Waals surface area (Å²) in [4.78, 5) is 7.04. The highest BCUT2D eigenvalue weighted by atomic mass is 15.2. The molecule has 620 valence electrons. The first kappa shape index (κ1) is 79.2. The Balaban J connectivity index is 0.000000151. The van der Waals surface area contributed by atoms with E-state index in [1.54, 1.807) is 0 Å². The zero-order valence-electron chi connectivity index (χ0n) is 72.6. The topological polar surface area (TPSA) is 14.7 Å². The van der Waals surface area contributed by atoms with E-state index >= 15 is 0 Å². The van der Waals surface area contributed by atoms with Gasteiger partial charge in [0.1, 0.15) is 0 Å². The molecule has 4 heteroatoms. The van der Waals surface area contributed by atoms with Crippen LogP contribution in [0.2, 0.25) is 0 Å². The van der Waals surface area contributed by atoms with Gasteiger partial charge in [-0.1, -0.05) is 400 Å². The van der Waals surface area contributed by atoms with Crippen molar-refractivity contribution in [2.45, 2.75) is 0 Å². The van der Waals surface area contributed by atoms with Gasteiger partial charge in [0, 0.05) is 67.3 Å². The summed E-state index contributed by atoms with van der Waals surface area (Å²) in [7, 11) is 0. The third kappa shape index (κ3) is 14.9. The maximum absolute atomic E-state index is 2.39. The molecule has 132 heavy (non-hydrogen) atoms. The fraction of sp³-hybridized carbons (Fsp3) is 0. The van der Waals surface area contributed by atoms with Gasteiger partial charge in [0.05, 0.1) is 16.7 Å². The summed E-state index contributed by atoms with van der Waals surface area (Å²) in [5.41, 5.74) is 33.1. The van der Waals surface area contributed by atoms with E-state index in [-0.39, 0.29) is 0 Å². The van der Waals surface area contributed by atoms with E-state index in [1.165, 1.54) is 170 Å². The van der Waals surface area contributed by atoms with Gasteiger partial charge in [-0.2, -0.15) is 0 Å². The maximum Gasteiger partial charge on any atom is 0.0541 e. The molecule has 24 aromatic rings. The molecule has 0 unspecified atom stereocenters. The summed E-state index contributed by atoms with van der Waals surface area (Å²) in [5.74, 6) is 0. The Morgan fingerprint density at radius 2 is 0.364 bits per heavy atom. The summed E-state index contributed by atoms with van der Waals surface area (Å²) in [6.45, 7) is 0. The molecule has 0 aliphatic carbocycles. The highest BCUT2D eigenvalue weighted by molar-refractivity contribution is 6.23. The number of hydrogen-bond donors (Lipinski definition) is 0. The molecule has 0 saturated heterocycles. The Morgan fingerprint density at radius 3 is 0.727 bits per heavy atom. The van der Waals surface area contributed by atoms with Crippen molar-refractivity contribution in [2.24, 2.45) is 0 Å². The minimum Gasteiger partial charge on any atom is -0.311 e. The first-order chi connectivity index (χ1) is 65.5. The number of benzene rings is 23. The molecule has 0 saturated carbocycles. The maximum atomic E-state index is 2.39. The van der Waals surface area contributed by atoms with Gasteiger partial charge in [-0.05, 0) is 271 Å². The molecule has 0 aliphatic heterocycles. The van der Waals surface area contributed by atoms with Gasteiger partial charge >= 0.3 is 0 Å². The normalized spacial score (nSPS) is 11.3. The van der Waals surface area contributed by atoms with Crippen molar-refractivity contribution in [3.05, 3.63) is 534 Å². The lowest BCUT2D eigenvalue weighted by atomic mass is 9.86. The van der Waals surface area contributed by atoms with Gasteiger partial charge in [0.15, 0.2) is 0 Å². The Morgan fingerprint density at radius 1 is 0.129 bits per heavy atom. The van der Waals surface area contributed by atoms with E-state index in [2.05, 4.69) is 553 Å². The van der Waals surface area contributed by atoms with Crippen LogP contribution in [0.3, 0.4) is 0 Å². The largest absolute Gasteiger partial charge is 0.311 e. The van der Waals surface area contributed by atoms with Gasteiger partial charge in [-0.3, -0.25) is 0 Å². The van der Waals surface area contributed by atoms with Crippen molar-refractivity contribution in [3.63, 3.8) is 0 Å². The molecule has 0 atom stereocenters. The summed E-state index contributed by atoms with van der Waals surface area (Å²) in [5, 5.41) is 15.0. The molecule has 0 spiro atoms. The zero-order chi connectivity index (χ0) is 87.6. The van der Waals surface area contributed by atoms with E-state index in [0.29, 0.717) is 0 Å². The number of anilines is 9. The van der Waals surface area contributed by atoms with Crippen molar-refractivity contribution >= 4 is 127 Å². The number of nitrogens with zero attached hydrogens (tertiary/aromatic N) is 4. The van der Waals surface area contributed by atoms with Crippen LogP contribution in [-0.4, -0.2) is 4.57 Å². The summed E-state index contributed by atoms with van der Waals surface area (Å²) < 4.78 is 2.37. The molecular formula is C128H88N4. The van der Waals surface area contributed by atoms with Crippen LogP contribution in [0.5, 0.6) is 0 Å². The summed E-state index contributed by atoms with van der Waals surface area (Å²) >= 11 is 0. The Hall–Kier alpha value is -17.4. The summed E-state index contributed by atoms with van der Waals surface area (Å²) in [6.07, 6.45) is 0. The Kier molecular flexibility index (Phi) is 21.0. The van der Waals surface area contributed by atoms with Crippen LogP contribution in [-0.2, 0) is 0 Å². The van der Waals surface area contributed by atoms with Gasteiger partial charge < -0.3 is 19.3 Å². The molecule has 0 radical (unpaired) electrons.